The minimum atomic E-state index is -0.473. The van der Waals surface area contributed by atoms with Gasteiger partial charge in [-0.25, -0.2) is 7.11 Å². The molecule has 0 amide bonds. The number of nitrogens with zero attached hydrogens (tertiary/aromatic N) is 2. The number of para-hydroxylation sites is 1. The van der Waals surface area contributed by atoms with Crippen LogP contribution in [0, 0.1) is 27.9 Å². The second-order valence-corrected chi connectivity index (χ2v) is 5.86. The van der Waals surface area contributed by atoms with Gasteiger partial charge in [-0.1, -0.05) is 32.0 Å². The summed E-state index contributed by atoms with van der Waals surface area (Å²) in [6, 6.07) is 10.7. The van der Waals surface area contributed by atoms with Crippen molar-refractivity contribution in [1.29, 1.82) is 0 Å². The molecular formula is C18H29IrN2O. The summed E-state index contributed by atoms with van der Waals surface area (Å²) >= 11 is 0. The van der Waals surface area contributed by atoms with Gasteiger partial charge in [0.1, 0.15) is 5.84 Å². The van der Waals surface area contributed by atoms with Crippen LogP contribution in [-0.2, 0) is 24.8 Å². The van der Waals surface area contributed by atoms with Crippen molar-refractivity contribution in [2.24, 2.45) is 10.9 Å². The first-order valence-corrected chi connectivity index (χ1v) is 6.80. The maximum absolute atomic E-state index is 5.38. The SMILES string of the molecule is [CH2-]OC(C)(C)C1=N[C@H](C(C)C)CN1c1ccccc1.[CH3-].[CH3-].[Ir+3]. The van der Waals surface area contributed by atoms with Gasteiger partial charge in [-0.3, -0.25) is 4.99 Å². The van der Waals surface area contributed by atoms with Gasteiger partial charge in [-0.2, -0.15) is 0 Å². The molecule has 0 aromatic heterocycles. The average Bonchev–Trinajstić information content (AvgIpc) is 2.86. The van der Waals surface area contributed by atoms with Gasteiger partial charge in [0.25, 0.3) is 0 Å². The molecule has 1 aliphatic rings. The molecule has 2 rings (SSSR count). The summed E-state index contributed by atoms with van der Waals surface area (Å²) in [5.74, 6) is 1.48. The molecule has 0 unspecified atom stereocenters. The van der Waals surface area contributed by atoms with Crippen LogP contribution in [0.1, 0.15) is 27.7 Å². The molecule has 1 atom stereocenters. The van der Waals surface area contributed by atoms with Crippen LogP contribution < -0.4 is 4.90 Å². The van der Waals surface area contributed by atoms with Crippen molar-refractivity contribution >= 4 is 11.5 Å². The predicted molar refractivity (Wildman–Crippen MR) is 93.2 cm³/mol. The van der Waals surface area contributed by atoms with Gasteiger partial charge in [0.05, 0.1) is 11.6 Å². The Labute approximate surface area is 150 Å². The molecule has 1 aromatic rings. The summed E-state index contributed by atoms with van der Waals surface area (Å²) in [5.41, 5.74) is 0.689. The molecule has 0 N–H and O–H groups in total. The molecule has 4 heteroatoms. The molecular weight excluding hydrogens is 452 g/mol. The number of ether oxygens (including phenoxy) is 1. The van der Waals surface area contributed by atoms with Crippen molar-refractivity contribution in [3.8, 4) is 0 Å². The first-order chi connectivity index (χ1) is 8.95. The standard InChI is InChI=1S/C16H23N2O.2CH3.Ir/c1-12(2)14-11-18(13-9-7-6-8-10-13)15(17-14)16(3,4)19-5;;;/h6-10,12,14H,5,11H2,1-4H3;2*1H3;/q3*-1;+3/t14-;;;/m0.../s1. The number of anilines is 1. The first-order valence-electron chi connectivity index (χ1n) is 6.80. The zero-order valence-corrected chi connectivity index (χ0v) is 17.0. The smallest absolute Gasteiger partial charge is 0.545 e. The van der Waals surface area contributed by atoms with Gasteiger partial charge >= 0.3 is 20.1 Å². The van der Waals surface area contributed by atoms with Crippen LogP contribution in [-0.4, -0.2) is 24.0 Å². The number of aliphatic imine (C=N–C) groups is 1. The van der Waals surface area contributed by atoms with Gasteiger partial charge < -0.3 is 24.5 Å². The number of benzene rings is 1. The van der Waals surface area contributed by atoms with Crippen molar-refractivity contribution in [2.45, 2.75) is 39.3 Å². The molecule has 1 heterocycles. The molecule has 0 saturated carbocycles. The van der Waals surface area contributed by atoms with Gasteiger partial charge in [0, 0.05) is 12.2 Å². The van der Waals surface area contributed by atoms with Crippen molar-refractivity contribution < 1.29 is 24.8 Å². The van der Waals surface area contributed by atoms with E-state index >= 15 is 0 Å². The van der Waals surface area contributed by atoms with E-state index in [1.165, 1.54) is 0 Å². The zero-order valence-electron chi connectivity index (χ0n) is 14.6. The second kappa shape index (κ2) is 9.44. The molecule has 0 saturated heterocycles. The summed E-state index contributed by atoms with van der Waals surface area (Å²) in [6.45, 7) is 9.34. The van der Waals surface area contributed by atoms with E-state index in [0.29, 0.717) is 12.0 Å². The second-order valence-electron chi connectivity index (χ2n) is 5.86. The fourth-order valence-corrected chi connectivity index (χ4v) is 2.28. The molecule has 0 bridgehead atoms. The van der Waals surface area contributed by atoms with Crippen molar-refractivity contribution in [1.82, 2.24) is 0 Å². The molecule has 0 radical (unpaired) electrons. The Bertz CT molecular complexity index is 457. The van der Waals surface area contributed by atoms with Crippen LogP contribution in [0.15, 0.2) is 35.3 Å². The maximum Gasteiger partial charge on any atom is 3.00 e. The predicted octanol–water partition coefficient (Wildman–Crippen LogP) is 4.41. The summed E-state index contributed by atoms with van der Waals surface area (Å²) < 4.78 is 5.38. The van der Waals surface area contributed by atoms with E-state index in [1.54, 1.807) is 0 Å². The van der Waals surface area contributed by atoms with E-state index in [2.05, 4.69) is 38.0 Å². The molecule has 0 spiro atoms. The minimum Gasteiger partial charge on any atom is -0.545 e. The van der Waals surface area contributed by atoms with E-state index in [-0.39, 0.29) is 35.0 Å². The van der Waals surface area contributed by atoms with E-state index in [1.807, 2.05) is 32.0 Å². The Morgan fingerprint density at radius 3 is 2.23 bits per heavy atom. The summed E-state index contributed by atoms with van der Waals surface area (Å²) in [6.07, 6.45) is 0. The van der Waals surface area contributed by atoms with Gasteiger partial charge in [-0.15, -0.1) is 0 Å². The third kappa shape index (κ3) is 4.90. The maximum atomic E-state index is 5.38. The van der Waals surface area contributed by atoms with Crippen LogP contribution in [0.5, 0.6) is 0 Å². The van der Waals surface area contributed by atoms with E-state index in [9.17, 15) is 0 Å². The monoisotopic (exact) mass is 482 g/mol. The van der Waals surface area contributed by atoms with Crippen molar-refractivity contribution in [3.05, 3.63) is 52.3 Å². The number of hydrogen-bond acceptors (Lipinski definition) is 3. The van der Waals surface area contributed by atoms with Crippen LogP contribution in [0.2, 0.25) is 0 Å². The van der Waals surface area contributed by atoms with Crippen LogP contribution in [0.4, 0.5) is 5.69 Å². The molecule has 3 nitrogen and oxygen atoms in total. The normalized spacial score (nSPS) is 17.3. The van der Waals surface area contributed by atoms with Crippen molar-refractivity contribution in [2.75, 3.05) is 11.4 Å². The third-order valence-electron chi connectivity index (χ3n) is 3.65. The van der Waals surface area contributed by atoms with Crippen LogP contribution in [0.25, 0.3) is 0 Å². The molecule has 0 aliphatic carbocycles. The third-order valence-corrected chi connectivity index (χ3v) is 3.65. The number of rotatable bonds is 4. The molecule has 1 aromatic carbocycles. The fourth-order valence-electron chi connectivity index (χ4n) is 2.28. The van der Waals surface area contributed by atoms with E-state index in [0.717, 1.165) is 18.1 Å². The first kappa shape index (κ1) is 23.6. The Morgan fingerprint density at radius 2 is 1.77 bits per heavy atom. The summed E-state index contributed by atoms with van der Waals surface area (Å²) in [5, 5.41) is 0. The van der Waals surface area contributed by atoms with E-state index < -0.39 is 5.60 Å². The summed E-state index contributed by atoms with van der Waals surface area (Å²) in [7, 11) is 3.59. The number of hydrogen-bond donors (Lipinski definition) is 0. The van der Waals surface area contributed by atoms with Gasteiger partial charge in [0.15, 0.2) is 0 Å². The number of amidine groups is 1. The zero-order chi connectivity index (χ0) is 14.0. The summed E-state index contributed by atoms with van der Waals surface area (Å²) in [4.78, 5) is 7.11. The quantitative estimate of drug-likeness (QED) is 0.595. The molecule has 1 aliphatic heterocycles. The molecule has 0 fully saturated rings. The van der Waals surface area contributed by atoms with Gasteiger partial charge in [0.2, 0.25) is 0 Å². The van der Waals surface area contributed by atoms with Crippen molar-refractivity contribution in [3.63, 3.8) is 0 Å². The Morgan fingerprint density at radius 1 is 1.23 bits per heavy atom. The topological polar surface area (TPSA) is 24.8 Å². The van der Waals surface area contributed by atoms with E-state index in [4.69, 9.17) is 9.73 Å². The average molecular weight is 482 g/mol. The Kier molecular flexibility index (Phi) is 10.1. The Balaban J connectivity index is 0. The van der Waals surface area contributed by atoms with Crippen LogP contribution >= 0.6 is 0 Å². The fraction of sp³-hybridized carbons (Fsp3) is 0.444. The molecule has 22 heavy (non-hydrogen) atoms. The minimum absolute atomic E-state index is 0. The van der Waals surface area contributed by atoms with Crippen LogP contribution in [0.3, 0.4) is 0 Å². The van der Waals surface area contributed by atoms with Gasteiger partial charge in [-0.05, 0) is 31.9 Å². The Hall–Kier alpha value is -0.701. The largest absolute Gasteiger partial charge is 3.00 e. The molecule has 126 valence electrons.